The number of carbonyl (C=O) groups is 3. The molecule has 0 unspecified atom stereocenters. The van der Waals surface area contributed by atoms with Crippen molar-refractivity contribution in [2.24, 2.45) is 5.41 Å². The number of carbonyl (C=O) groups excluding carboxylic acids is 2. The number of nitrogens with zero attached hydrogens (tertiary/aromatic N) is 2. The Morgan fingerprint density at radius 3 is 2.24 bits per heavy atom. The largest absolute Gasteiger partial charge is 0.493 e. The maximum absolute atomic E-state index is 12.7. The Hall–Kier alpha value is -2.57. The Kier molecular flexibility index (Phi) is 4.65. The highest BCUT2D eigenvalue weighted by molar-refractivity contribution is 6.05. The van der Waals surface area contributed by atoms with Gasteiger partial charge in [-0.3, -0.25) is 14.4 Å². The molecule has 1 saturated heterocycles. The SMILES string of the molecule is CCOc1ccccc1C(=O)N1CCN(C(=O)C2(C(=O)O)CC2)CC1. The van der Waals surface area contributed by atoms with Gasteiger partial charge in [-0.15, -0.1) is 0 Å². The molecular formula is C18H22N2O5. The Bertz CT molecular complexity index is 690. The summed E-state index contributed by atoms with van der Waals surface area (Å²) in [5, 5.41) is 9.25. The van der Waals surface area contributed by atoms with Gasteiger partial charge in [0.05, 0.1) is 12.2 Å². The lowest BCUT2D eigenvalue weighted by molar-refractivity contribution is -0.154. The zero-order valence-corrected chi connectivity index (χ0v) is 14.2. The van der Waals surface area contributed by atoms with Gasteiger partial charge in [-0.25, -0.2) is 0 Å². The van der Waals surface area contributed by atoms with Gasteiger partial charge in [-0.1, -0.05) is 12.1 Å². The van der Waals surface area contributed by atoms with E-state index in [1.807, 2.05) is 13.0 Å². The van der Waals surface area contributed by atoms with E-state index in [2.05, 4.69) is 0 Å². The van der Waals surface area contributed by atoms with E-state index < -0.39 is 11.4 Å². The van der Waals surface area contributed by atoms with Crippen LogP contribution in [0.3, 0.4) is 0 Å². The van der Waals surface area contributed by atoms with Gasteiger partial charge >= 0.3 is 5.97 Å². The molecule has 1 heterocycles. The van der Waals surface area contributed by atoms with E-state index in [1.54, 1.807) is 28.0 Å². The molecule has 0 radical (unpaired) electrons. The number of rotatable bonds is 5. The molecule has 1 N–H and O–H groups in total. The predicted octanol–water partition coefficient (Wildman–Crippen LogP) is 1.23. The molecular weight excluding hydrogens is 324 g/mol. The average molecular weight is 346 g/mol. The van der Waals surface area contributed by atoms with E-state index in [0.717, 1.165) is 0 Å². The first-order chi connectivity index (χ1) is 12.0. The summed E-state index contributed by atoms with van der Waals surface area (Å²) in [6.45, 7) is 3.83. The quantitative estimate of drug-likeness (QED) is 0.811. The fourth-order valence-corrected chi connectivity index (χ4v) is 3.15. The number of benzene rings is 1. The predicted molar refractivity (Wildman–Crippen MR) is 89.4 cm³/mol. The highest BCUT2D eigenvalue weighted by Gasteiger charge is 2.58. The van der Waals surface area contributed by atoms with Crippen molar-refractivity contribution in [3.8, 4) is 5.75 Å². The summed E-state index contributed by atoms with van der Waals surface area (Å²) in [4.78, 5) is 39.7. The van der Waals surface area contributed by atoms with E-state index >= 15 is 0 Å². The smallest absolute Gasteiger partial charge is 0.319 e. The molecule has 2 fully saturated rings. The number of piperazine rings is 1. The molecule has 3 rings (SSSR count). The summed E-state index contributed by atoms with van der Waals surface area (Å²) in [5.41, 5.74) is -0.707. The van der Waals surface area contributed by atoms with Crippen molar-refractivity contribution in [3.05, 3.63) is 29.8 Å². The summed E-state index contributed by atoms with van der Waals surface area (Å²) in [6.07, 6.45) is 0.810. The molecule has 0 bridgehead atoms. The number of amides is 2. The average Bonchev–Trinajstić information content (AvgIpc) is 3.43. The molecule has 7 heteroatoms. The third-order valence-corrected chi connectivity index (χ3v) is 4.84. The molecule has 1 aliphatic carbocycles. The molecule has 25 heavy (non-hydrogen) atoms. The van der Waals surface area contributed by atoms with Crippen LogP contribution in [-0.2, 0) is 9.59 Å². The summed E-state index contributed by atoms with van der Waals surface area (Å²) in [6, 6.07) is 7.10. The third kappa shape index (κ3) is 3.18. The van der Waals surface area contributed by atoms with Crippen molar-refractivity contribution >= 4 is 17.8 Å². The third-order valence-electron chi connectivity index (χ3n) is 4.84. The topological polar surface area (TPSA) is 87.2 Å². The van der Waals surface area contributed by atoms with Gasteiger partial charge in [0.2, 0.25) is 5.91 Å². The van der Waals surface area contributed by atoms with Crippen molar-refractivity contribution < 1.29 is 24.2 Å². The van der Waals surface area contributed by atoms with E-state index in [-0.39, 0.29) is 11.8 Å². The molecule has 0 atom stereocenters. The number of carboxylic acids is 1. The van der Waals surface area contributed by atoms with E-state index in [0.29, 0.717) is 56.9 Å². The molecule has 7 nitrogen and oxygen atoms in total. The molecule has 134 valence electrons. The standard InChI is InChI=1S/C18H22N2O5/c1-2-25-14-6-4-3-5-13(14)15(21)19-9-11-20(12-10-19)16(22)18(7-8-18)17(23)24/h3-6H,2,7-12H2,1H3,(H,23,24). The van der Waals surface area contributed by atoms with Crippen molar-refractivity contribution in [1.29, 1.82) is 0 Å². The number of hydrogen-bond acceptors (Lipinski definition) is 4. The first kappa shape index (κ1) is 17.3. The Balaban J connectivity index is 1.64. The van der Waals surface area contributed by atoms with Crippen LogP contribution in [0.5, 0.6) is 5.75 Å². The van der Waals surface area contributed by atoms with E-state index in [4.69, 9.17) is 4.74 Å². The van der Waals surface area contributed by atoms with Gasteiger partial charge in [0.15, 0.2) is 0 Å². The minimum Gasteiger partial charge on any atom is -0.493 e. The fourth-order valence-electron chi connectivity index (χ4n) is 3.15. The van der Waals surface area contributed by atoms with Crippen molar-refractivity contribution in [1.82, 2.24) is 9.80 Å². The number of aliphatic carboxylic acids is 1. The first-order valence-corrected chi connectivity index (χ1v) is 8.53. The zero-order valence-electron chi connectivity index (χ0n) is 14.2. The van der Waals surface area contributed by atoms with Gasteiger partial charge in [-0.2, -0.15) is 0 Å². The Labute approximate surface area is 146 Å². The number of para-hydroxylation sites is 1. The van der Waals surface area contributed by atoms with Crippen LogP contribution in [0.15, 0.2) is 24.3 Å². The summed E-state index contributed by atoms with van der Waals surface area (Å²) < 4.78 is 5.51. The molecule has 0 spiro atoms. The second-order valence-corrected chi connectivity index (χ2v) is 6.40. The van der Waals surface area contributed by atoms with Crippen LogP contribution in [0.2, 0.25) is 0 Å². The fraction of sp³-hybridized carbons (Fsp3) is 0.500. The summed E-state index contributed by atoms with van der Waals surface area (Å²) in [5.74, 6) is -0.935. The second-order valence-electron chi connectivity index (χ2n) is 6.40. The summed E-state index contributed by atoms with van der Waals surface area (Å²) >= 11 is 0. The monoisotopic (exact) mass is 346 g/mol. The van der Waals surface area contributed by atoms with Crippen LogP contribution in [0.4, 0.5) is 0 Å². The van der Waals surface area contributed by atoms with E-state index in [1.165, 1.54) is 0 Å². The maximum atomic E-state index is 12.7. The van der Waals surface area contributed by atoms with Crippen molar-refractivity contribution in [2.75, 3.05) is 32.8 Å². The Morgan fingerprint density at radius 2 is 1.68 bits per heavy atom. The van der Waals surface area contributed by atoms with Gasteiger partial charge in [-0.05, 0) is 31.9 Å². The van der Waals surface area contributed by atoms with Crippen molar-refractivity contribution in [2.45, 2.75) is 19.8 Å². The number of carboxylic acid groups (broad SMARTS) is 1. The zero-order chi connectivity index (χ0) is 18.0. The lowest BCUT2D eigenvalue weighted by Crippen LogP contribution is -2.53. The molecule has 2 amide bonds. The van der Waals surface area contributed by atoms with Crippen LogP contribution in [0, 0.1) is 5.41 Å². The van der Waals surface area contributed by atoms with Crippen LogP contribution in [0.25, 0.3) is 0 Å². The van der Waals surface area contributed by atoms with Gasteiger partial charge < -0.3 is 19.6 Å². The number of hydrogen-bond donors (Lipinski definition) is 1. The maximum Gasteiger partial charge on any atom is 0.319 e. The normalized spacial score (nSPS) is 18.6. The highest BCUT2D eigenvalue weighted by Crippen LogP contribution is 2.47. The lowest BCUT2D eigenvalue weighted by Gasteiger charge is -2.36. The van der Waals surface area contributed by atoms with Crippen LogP contribution >= 0.6 is 0 Å². The first-order valence-electron chi connectivity index (χ1n) is 8.53. The molecule has 1 aliphatic heterocycles. The molecule has 1 aromatic carbocycles. The molecule has 0 aromatic heterocycles. The van der Waals surface area contributed by atoms with Crippen LogP contribution < -0.4 is 4.74 Å². The van der Waals surface area contributed by atoms with Crippen LogP contribution in [-0.4, -0.2) is 65.5 Å². The van der Waals surface area contributed by atoms with E-state index in [9.17, 15) is 19.5 Å². The minimum absolute atomic E-state index is 0.129. The Morgan fingerprint density at radius 1 is 1.08 bits per heavy atom. The van der Waals surface area contributed by atoms with Crippen LogP contribution in [0.1, 0.15) is 30.1 Å². The van der Waals surface area contributed by atoms with Gasteiger partial charge in [0.25, 0.3) is 5.91 Å². The number of ether oxygens (including phenoxy) is 1. The minimum atomic E-state index is -1.21. The van der Waals surface area contributed by atoms with Crippen molar-refractivity contribution in [3.63, 3.8) is 0 Å². The molecule has 1 saturated carbocycles. The molecule has 2 aliphatic rings. The second kappa shape index (κ2) is 6.74. The van der Waals surface area contributed by atoms with Gasteiger partial charge in [0.1, 0.15) is 11.2 Å². The van der Waals surface area contributed by atoms with Gasteiger partial charge in [0, 0.05) is 26.2 Å². The highest BCUT2D eigenvalue weighted by atomic mass is 16.5. The summed E-state index contributed by atoms with van der Waals surface area (Å²) in [7, 11) is 0. The lowest BCUT2D eigenvalue weighted by atomic mass is 10.1. The molecule has 1 aromatic rings.